The molecule has 0 aromatic heterocycles. The summed E-state index contributed by atoms with van der Waals surface area (Å²) in [5.74, 6) is 2.97. The van der Waals surface area contributed by atoms with Gasteiger partial charge in [0.2, 0.25) is 0 Å². The summed E-state index contributed by atoms with van der Waals surface area (Å²) < 4.78 is 0. The molecular formula is C29H50N2O2. The largest absolute Gasteiger partial charge is 0.391 e. The summed E-state index contributed by atoms with van der Waals surface area (Å²) in [5.41, 5.74) is 0.493. The predicted octanol–water partition coefficient (Wildman–Crippen LogP) is 4.68. The van der Waals surface area contributed by atoms with Crippen LogP contribution in [0.5, 0.6) is 0 Å². The second-order valence-electron chi connectivity index (χ2n) is 13.7. The quantitative estimate of drug-likeness (QED) is 0.631. The van der Waals surface area contributed by atoms with E-state index < -0.39 is 0 Å². The molecule has 0 amide bonds. The van der Waals surface area contributed by atoms with Gasteiger partial charge >= 0.3 is 0 Å². The van der Waals surface area contributed by atoms with E-state index in [-0.39, 0.29) is 17.6 Å². The molecule has 6 fully saturated rings. The molecule has 2 N–H and O–H groups in total. The molecule has 2 aliphatic heterocycles. The smallest absolute Gasteiger partial charge is 0.0751 e. The molecule has 0 aromatic rings. The molecule has 4 heteroatoms. The number of aliphatic hydroxyl groups excluding tert-OH is 2. The molecule has 10 atom stereocenters. The van der Waals surface area contributed by atoms with Crippen LogP contribution in [0.1, 0.15) is 97.3 Å². The van der Waals surface area contributed by atoms with Crippen molar-refractivity contribution in [2.45, 2.75) is 122 Å². The van der Waals surface area contributed by atoms with Crippen LogP contribution in [0, 0.1) is 34.5 Å². The van der Waals surface area contributed by atoms with Gasteiger partial charge in [-0.15, -0.1) is 0 Å². The predicted molar refractivity (Wildman–Crippen MR) is 133 cm³/mol. The minimum atomic E-state index is -0.138. The van der Waals surface area contributed by atoms with E-state index in [1.807, 2.05) is 0 Å². The van der Waals surface area contributed by atoms with Crippen molar-refractivity contribution in [2.75, 3.05) is 26.2 Å². The lowest BCUT2D eigenvalue weighted by Crippen LogP contribution is -2.60. The van der Waals surface area contributed by atoms with Crippen LogP contribution in [0.4, 0.5) is 0 Å². The third-order valence-corrected chi connectivity index (χ3v) is 12.4. The third-order valence-electron chi connectivity index (χ3n) is 12.4. The summed E-state index contributed by atoms with van der Waals surface area (Å²) in [5, 5.41) is 22.8. The van der Waals surface area contributed by atoms with Crippen molar-refractivity contribution in [3.8, 4) is 0 Å². The van der Waals surface area contributed by atoms with Gasteiger partial charge in [-0.25, -0.2) is 0 Å². The van der Waals surface area contributed by atoms with Crippen molar-refractivity contribution >= 4 is 0 Å². The number of rotatable bonds is 2. The number of fused-ring (bicyclic) bond motifs is 5. The summed E-state index contributed by atoms with van der Waals surface area (Å²) >= 11 is 0. The van der Waals surface area contributed by atoms with Crippen LogP contribution >= 0.6 is 0 Å². The summed E-state index contributed by atoms with van der Waals surface area (Å²) in [7, 11) is 0. The SMILES string of the molecule is C[C@]12C[C@H](N3CCCCC3)[C@@H](O)C[C@@H]1CC[C@@H]1[C@@H]2CC[C@]2(C)C(O)[C@@H](N3CCCCC3)C[C@@H]12. The number of likely N-dealkylation sites (tertiary alicyclic amines) is 2. The highest BCUT2D eigenvalue weighted by atomic mass is 16.3. The zero-order valence-corrected chi connectivity index (χ0v) is 21.4. The lowest BCUT2D eigenvalue weighted by molar-refractivity contribution is -0.154. The van der Waals surface area contributed by atoms with E-state index in [1.54, 1.807) is 0 Å². The molecule has 4 saturated carbocycles. The minimum Gasteiger partial charge on any atom is -0.391 e. The molecule has 0 spiro atoms. The van der Waals surface area contributed by atoms with Gasteiger partial charge in [0.15, 0.2) is 0 Å². The Morgan fingerprint density at radius 2 is 1.30 bits per heavy atom. The first-order valence-electron chi connectivity index (χ1n) is 14.8. The molecule has 0 aromatic carbocycles. The fraction of sp³-hybridized carbons (Fsp3) is 1.00. The number of aliphatic hydroxyl groups is 2. The van der Waals surface area contributed by atoms with Crippen molar-refractivity contribution in [1.82, 2.24) is 9.80 Å². The first-order chi connectivity index (χ1) is 15.9. The molecule has 1 unspecified atom stereocenters. The fourth-order valence-electron chi connectivity index (χ4n) is 10.5. The highest BCUT2D eigenvalue weighted by Crippen LogP contribution is 2.66. The van der Waals surface area contributed by atoms with Crippen molar-refractivity contribution in [3.63, 3.8) is 0 Å². The van der Waals surface area contributed by atoms with Crippen LogP contribution in [-0.4, -0.2) is 70.5 Å². The number of hydrogen-bond acceptors (Lipinski definition) is 4. The van der Waals surface area contributed by atoms with Gasteiger partial charge in [0.25, 0.3) is 0 Å². The van der Waals surface area contributed by atoms with Crippen molar-refractivity contribution in [2.24, 2.45) is 34.5 Å². The molecule has 4 aliphatic carbocycles. The summed E-state index contributed by atoms with van der Waals surface area (Å²) in [6.07, 6.45) is 16.4. The highest BCUT2D eigenvalue weighted by Gasteiger charge is 2.63. The van der Waals surface area contributed by atoms with Gasteiger partial charge in [-0.2, -0.15) is 0 Å². The Hall–Kier alpha value is -0.160. The normalized spacial score (nSPS) is 53.8. The van der Waals surface area contributed by atoms with Crippen LogP contribution in [0.15, 0.2) is 0 Å². The molecule has 6 aliphatic rings. The topological polar surface area (TPSA) is 46.9 Å². The van der Waals surface area contributed by atoms with Crippen LogP contribution in [-0.2, 0) is 0 Å². The molecule has 4 nitrogen and oxygen atoms in total. The van der Waals surface area contributed by atoms with Crippen molar-refractivity contribution in [1.29, 1.82) is 0 Å². The Balaban J connectivity index is 1.24. The standard InChI is InChI=1S/C29H50N2O2/c1-28-12-11-22-21(23(28)18-24(27(28)33)30-13-5-3-6-14-30)10-9-20-17-26(32)25(19-29(20,22)2)31-15-7-4-8-16-31/h20-27,32-33H,3-19H2,1-2H3/t20-,21+,22-,23-,24-,25-,26-,27?,28-,29-/m0/s1. The first-order valence-corrected chi connectivity index (χ1v) is 14.8. The Morgan fingerprint density at radius 1 is 0.667 bits per heavy atom. The van der Waals surface area contributed by atoms with Gasteiger partial charge in [-0.1, -0.05) is 26.7 Å². The number of hydrogen-bond donors (Lipinski definition) is 2. The third kappa shape index (κ3) is 3.67. The van der Waals surface area contributed by atoms with Gasteiger partial charge < -0.3 is 10.2 Å². The number of nitrogens with zero attached hydrogens (tertiary/aromatic N) is 2. The first kappa shape index (κ1) is 23.3. The molecule has 188 valence electrons. The second kappa shape index (κ2) is 8.75. The Labute approximate surface area is 202 Å². The average molecular weight is 459 g/mol. The minimum absolute atomic E-state index is 0.118. The Kier molecular flexibility index (Phi) is 6.16. The maximum atomic E-state index is 11.6. The van der Waals surface area contributed by atoms with E-state index >= 15 is 0 Å². The summed E-state index contributed by atoms with van der Waals surface area (Å²) in [6, 6.07) is 0.785. The van der Waals surface area contributed by atoms with Gasteiger partial charge in [-0.3, -0.25) is 9.80 Å². The van der Waals surface area contributed by atoms with E-state index in [9.17, 15) is 10.2 Å². The maximum absolute atomic E-state index is 11.6. The van der Waals surface area contributed by atoms with E-state index in [4.69, 9.17) is 0 Å². The van der Waals surface area contributed by atoms with Gasteiger partial charge in [-0.05, 0) is 131 Å². The molecule has 2 heterocycles. The highest BCUT2D eigenvalue weighted by molar-refractivity contribution is 5.14. The molecule has 2 saturated heterocycles. The van der Waals surface area contributed by atoms with E-state index in [0.29, 0.717) is 29.3 Å². The van der Waals surface area contributed by atoms with Gasteiger partial charge in [0, 0.05) is 12.1 Å². The van der Waals surface area contributed by atoms with Crippen LogP contribution in [0.2, 0.25) is 0 Å². The zero-order valence-electron chi connectivity index (χ0n) is 21.4. The van der Waals surface area contributed by atoms with E-state index in [0.717, 1.165) is 18.3 Å². The summed E-state index contributed by atoms with van der Waals surface area (Å²) in [4.78, 5) is 5.33. The molecule has 0 radical (unpaired) electrons. The van der Waals surface area contributed by atoms with Crippen molar-refractivity contribution in [3.05, 3.63) is 0 Å². The maximum Gasteiger partial charge on any atom is 0.0751 e. The zero-order chi connectivity index (χ0) is 22.8. The van der Waals surface area contributed by atoms with Crippen LogP contribution in [0.3, 0.4) is 0 Å². The molecule has 0 bridgehead atoms. The fourth-order valence-corrected chi connectivity index (χ4v) is 10.5. The number of piperidine rings is 2. The van der Waals surface area contributed by atoms with Gasteiger partial charge in [0.05, 0.1) is 12.2 Å². The molecular weight excluding hydrogens is 408 g/mol. The Morgan fingerprint density at radius 3 is 1.97 bits per heavy atom. The Bertz CT molecular complexity index is 704. The lowest BCUT2D eigenvalue weighted by Gasteiger charge is -2.62. The van der Waals surface area contributed by atoms with Crippen molar-refractivity contribution < 1.29 is 10.2 Å². The summed E-state index contributed by atoms with van der Waals surface area (Å²) in [6.45, 7) is 9.88. The van der Waals surface area contributed by atoms with Crippen LogP contribution < -0.4 is 0 Å². The molecule has 33 heavy (non-hydrogen) atoms. The van der Waals surface area contributed by atoms with Gasteiger partial charge in [0.1, 0.15) is 0 Å². The molecule has 6 rings (SSSR count). The lowest BCUT2D eigenvalue weighted by atomic mass is 9.44. The van der Waals surface area contributed by atoms with E-state index in [1.165, 1.54) is 103 Å². The van der Waals surface area contributed by atoms with E-state index in [2.05, 4.69) is 23.6 Å². The monoisotopic (exact) mass is 458 g/mol. The average Bonchev–Trinajstić information content (AvgIpc) is 3.11. The second-order valence-corrected chi connectivity index (χ2v) is 13.7. The van der Waals surface area contributed by atoms with Crippen LogP contribution in [0.25, 0.3) is 0 Å².